The van der Waals surface area contributed by atoms with Crippen LogP contribution in [0.15, 0.2) is 6.07 Å². The fourth-order valence-electron chi connectivity index (χ4n) is 2.76. The van der Waals surface area contributed by atoms with Gasteiger partial charge in [0.2, 0.25) is 0 Å². The second-order valence-electron chi connectivity index (χ2n) is 5.38. The molecule has 0 bridgehead atoms. The third kappa shape index (κ3) is 2.63. The van der Waals surface area contributed by atoms with E-state index in [1.807, 2.05) is 6.92 Å². The fraction of sp³-hybridized carbons (Fsp3) is 0.600. The fourth-order valence-corrected chi connectivity index (χ4v) is 2.76. The standard InChI is InChI=1S/C15H23NO/c1-10-7-11(2)14(15(17)12(10)3)8-13-5-4-6-16-9-13/h7,13,16-17H,4-6,8-9H2,1-3H3. The molecule has 1 aliphatic rings. The molecule has 17 heavy (non-hydrogen) atoms. The summed E-state index contributed by atoms with van der Waals surface area (Å²) in [7, 11) is 0. The molecule has 1 unspecified atom stereocenters. The largest absolute Gasteiger partial charge is 0.507 e. The molecular weight excluding hydrogens is 210 g/mol. The number of nitrogens with one attached hydrogen (secondary N) is 1. The van der Waals surface area contributed by atoms with Gasteiger partial charge in [-0.15, -0.1) is 0 Å². The van der Waals surface area contributed by atoms with Crippen LogP contribution in [0.5, 0.6) is 5.75 Å². The molecule has 2 heteroatoms. The van der Waals surface area contributed by atoms with Gasteiger partial charge in [0.25, 0.3) is 0 Å². The number of benzene rings is 1. The Morgan fingerprint density at radius 2 is 2.06 bits per heavy atom. The first-order valence-corrected chi connectivity index (χ1v) is 6.59. The first kappa shape index (κ1) is 12.4. The van der Waals surface area contributed by atoms with Crippen molar-refractivity contribution in [1.29, 1.82) is 0 Å². The van der Waals surface area contributed by atoms with Crippen LogP contribution in [-0.2, 0) is 6.42 Å². The Labute approximate surface area is 104 Å². The molecular formula is C15H23NO. The van der Waals surface area contributed by atoms with Crippen molar-refractivity contribution in [1.82, 2.24) is 5.32 Å². The molecule has 0 aliphatic carbocycles. The Hall–Kier alpha value is -1.02. The van der Waals surface area contributed by atoms with Crippen LogP contribution in [0.2, 0.25) is 0 Å². The van der Waals surface area contributed by atoms with Crippen molar-refractivity contribution in [3.05, 3.63) is 28.3 Å². The predicted octanol–water partition coefficient (Wildman–Crippen LogP) is 2.86. The molecule has 1 aliphatic heterocycles. The lowest BCUT2D eigenvalue weighted by Gasteiger charge is -2.24. The van der Waals surface area contributed by atoms with E-state index in [1.54, 1.807) is 0 Å². The number of aromatic hydroxyl groups is 1. The van der Waals surface area contributed by atoms with Crippen molar-refractivity contribution in [3.8, 4) is 5.75 Å². The van der Waals surface area contributed by atoms with Crippen molar-refractivity contribution in [2.75, 3.05) is 13.1 Å². The summed E-state index contributed by atoms with van der Waals surface area (Å²) in [6, 6.07) is 2.20. The van der Waals surface area contributed by atoms with Crippen molar-refractivity contribution < 1.29 is 5.11 Å². The zero-order valence-corrected chi connectivity index (χ0v) is 11.1. The smallest absolute Gasteiger partial charge is 0.122 e. The van der Waals surface area contributed by atoms with Gasteiger partial charge in [-0.3, -0.25) is 0 Å². The number of hydrogen-bond donors (Lipinski definition) is 2. The second kappa shape index (κ2) is 5.09. The Morgan fingerprint density at radius 1 is 1.29 bits per heavy atom. The molecule has 2 nitrogen and oxygen atoms in total. The maximum atomic E-state index is 10.3. The summed E-state index contributed by atoms with van der Waals surface area (Å²) in [4.78, 5) is 0. The van der Waals surface area contributed by atoms with Crippen LogP contribution in [-0.4, -0.2) is 18.2 Å². The molecule has 94 valence electrons. The lowest BCUT2D eigenvalue weighted by Crippen LogP contribution is -2.31. The number of piperidine rings is 1. The van der Waals surface area contributed by atoms with Gasteiger partial charge in [0, 0.05) is 0 Å². The molecule has 1 fully saturated rings. The minimum Gasteiger partial charge on any atom is -0.507 e. The molecule has 0 radical (unpaired) electrons. The van der Waals surface area contributed by atoms with E-state index in [4.69, 9.17) is 0 Å². The van der Waals surface area contributed by atoms with Crippen LogP contribution in [0.1, 0.15) is 35.1 Å². The molecule has 0 aromatic heterocycles. The van der Waals surface area contributed by atoms with Crippen LogP contribution in [0.25, 0.3) is 0 Å². The second-order valence-corrected chi connectivity index (χ2v) is 5.38. The lowest BCUT2D eigenvalue weighted by molar-refractivity contribution is 0.368. The maximum absolute atomic E-state index is 10.3. The average Bonchev–Trinajstić information content (AvgIpc) is 2.33. The van der Waals surface area contributed by atoms with E-state index in [9.17, 15) is 5.11 Å². The predicted molar refractivity (Wildman–Crippen MR) is 71.6 cm³/mol. The summed E-state index contributed by atoms with van der Waals surface area (Å²) in [6.45, 7) is 8.42. The first-order valence-electron chi connectivity index (χ1n) is 6.59. The number of phenolic OH excluding ortho intramolecular Hbond substituents is 1. The van der Waals surface area contributed by atoms with Crippen molar-refractivity contribution in [2.45, 2.75) is 40.0 Å². The Morgan fingerprint density at radius 3 is 2.71 bits per heavy atom. The molecule has 1 saturated heterocycles. The molecule has 0 amide bonds. The molecule has 1 atom stereocenters. The summed E-state index contributed by atoms with van der Waals surface area (Å²) < 4.78 is 0. The van der Waals surface area contributed by atoms with E-state index in [1.165, 1.54) is 24.0 Å². The first-order chi connectivity index (χ1) is 8.09. The molecule has 1 aromatic rings. The summed E-state index contributed by atoms with van der Waals surface area (Å²) in [5, 5.41) is 13.7. The zero-order chi connectivity index (χ0) is 12.4. The van der Waals surface area contributed by atoms with Crippen LogP contribution in [0.3, 0.4) is 0 Å². The van der Waals surface area contributed by atoms with Gasteiger partial charge in [-0.25, -0.2) is 0 Å². The number of aryl methyl sites for hydroxylation is 2. The Balaban J connectivity index is 2.22. The highest BCUT2D eigenvalue weighted by atomic mass is 16.3. The number of phenols is 1. The molecule has 2 rings (SSSR count). The molecule has 0 saturated carbocycles. The van der Waals surface area contributed by atoms with Crippen molar-refractivity contribution in [3.63, 3.8) is 0 Å². The normalized spacial score (nSPS) is 20.5. The van der Waals surface area contributed by atoms with Crippen LogP contribution >= 0.6 is 0 Å². The van der Waals surface area contributed by atoms with Gasteiger partial charge in [0.05, 0.1) is 0 Å². The quantitative estimate of drug-likeness (QED) is 0.823. The van der Waals surface area contributed by atoms with E-state index < -0.39 is 0 Å². The zero-order valence-electron chi connectivity index (χ0n) is 11.1. The summed E-state index contributed by atoms with van der Waals surface area (Å²) in [5.41, 5.74) is 4.61. The third-order valence-electron chi connectivity index (χ3n) is 4.03. The van der Waals surface area contributed by atoms with Gasteiger partial charge >= 0.3 is 0 Å². The minimum absolute atomic E-state index is 0.521. The SMILES string of the molecule is Cc1cc(C)c(CC2CCCNC2)c(O)c1C. The van der Waals surface area contributed by atoms with Crippen molar-refractivity contribution >= 4 is 0 Å². The van der Waals surface area contributed by atoms with E-state index in [0.29, 0.717) is 11.7 Å². The summed E-state index contributed by atoms with van der Waals surface area (Å²) >= 11 is 0. The molecule has 2 N–H and O–H groups in total. The van der Waals surface area contributed by atoms with Crippen molar-refractivity contribution in [2.24, 2.45) is 5.92 Å². The summed E-state index contributed by atoms with van der Waals surface area (Å²) in [6.07, 6.45) is 3.54. The Bertz CT molecular complexity index is 406. The van der Waals surface area contributed by atoms with Gasteiger partial charge in [0.1, 0.15) is 5.75 Å². The highest BCUT2D eigenvalue weighted by Crippen LogP contribution is 2.31. The van der Waals surface area contributed by atoms with E-state index in [2.05, 4.69) is 25.2 Å². The van der Waals surface area contributed by atoms with Gasteiger partial charge in [0.15, 0.2) is 0 Å². The van der Waals surface area contributed by atoms with Gasteiger partial charge in [-0.1, -0.05) is 6.07 Å². The van der Waals surface area contributed by atoms with E-state index in [0.717, 1.165) is 30.6 Å². The third-order valence-corrected chi connectivity index (χ3v) is 4.03. The van der Waals surface area contributed by atoms with E-state index in [-0.39, 0.29) is 0 Å². The van der Waals surface area contributed by atoms with Crippen LogP contribution in [0.4, 0.5) is 0 Å². The highest BCUT2D eigenvalue weighted by Gasteiger charge is 2.18. The average molecular weight is 233 g/mol. The van der Waals surface area contributed by atoms with Crippen LogP contribution in [0, 0.1) is 26.7 Å². The van der Waals surface area contributed by atoms with Crippen LogP contribution < -0.4 is 5.32 Å². The van der Waals surface area contributed by atoms with Gasteiger partial charge in [-0.2, -0.15) is 0 Å². The van der Waals surface area contributed by atoms with E-state index >= 15 is 0 Å². The minimum atomic E-state index is 0.521. The topological polar surface area (TPSA) is 32.3 Å². The monoisotopic (exact) mass is 233 g/mol. The maximum Gasteiger partial charge on any atom is 0.122 e. The van der Waals surface area contributed by atoms with Gasteiger partial charge < -0.3 is 10.4 Å². The molecule has 0 spiro atoms. The lowest BCUT2D eigenvalue weighted by atomic mass is 9.88. The van der Waals surface area contributed by atoms with Gasteiger partial charge in [-0.05, 0) is 81.3 Å². The number of rotatable bonds is 2. The molecule has 1 aromatic carbocycles. The highest BCUT2D eigenvalue weighted by molar-refractivity contribution is 5.48. The summed E-state index contributed by atoms with van der Waals surface area (Å²) in [5.74, 6) is 1.20. The molecule has 1 heterocycles. The number of hydrogen-bond acceptors (Lipinski definition) is 2. The Kier molecular flexibility index (Phi) is 3.72.